The van der Waals surface area contributed by atoms with Crippen LogP contribution in [-0.4, -0.2) is 65.1 Å². The first-order valence-electron chi connectivity index (χ1n) is 8.64. The Balaban J connectivity index is 1.67. The second-order valence-electron chi connectivity index (χ2n) is 7.32. The van der Waals surface area contributed by atoms with Gasteiger partial charge in [0.2, 0.25) is 0 Å². The van der Waals surface area contributed by atoms with Crippen LogP contribution in [0.1, 0.15) is 41.5 Å². The van der Waals surface area contributed by atoms with Gasteiger partial charge >= 0.3 is 0 Å². The molecular weight excluding hydrogens is 308 g/mol. The van der Waals surface area contributed by atoms with Crippen molar-refractivity contribution in [2.75, 3.05) is 33.4 Å². The molecule has 1 aromatic rings. The average Bonchev–Trinajstić information content (AvgIpc) is 3.02. The molecule has 24 heavy (non-hydrogen) atoms. The molecule has 0 aliphatic carbocycles. The van der Waals surface area contributed by atoms with Gasteiger partial charge in [0.15, 0.2) is 0 Å². The molecule has 2 saturated heterocycles. The van der Waals surface area contributed by atoms with E-state index in [9.17, 15) is 9.90 Å². The topological polar surface area (TPSA) is 63.9 Å². The standard InChI is InChI=1S/C18H28N2O4/c1-5-17(22)9-18(24-12-17)10-19(11-18)16(21)15-8-13(2)20(14(15)3)6-7-23-4/h8,22H,5-7,9-12H2,1-4H3. The Morgan fingerprint density at radius 2 is 2.12 bits per heavy atom. The van der Waals surface area contributed by atoms with Crippen molar-refractivity contribution in [1.82, 2.24) is 9.47 Å². The first-order valence-corrected chi connectivity index (χ1v) is 8.64. The molecule has 2 fully saturated rings. The first-order chi connectivity index (χ1) is 11.3. The summed E-state index contributed by atoms with van der Waals surface area (Å²) in [5.41, 5.74) is 1.73. The average molecular weight is 336 g/mol. The number of methoxy groups -OCH3 is 1. The van der Waals surface area contributed by atoms with Crippen molar-refractivity contribution in [2.24, 2.45) is 0 Å². The van der Waals surface area contributed by atoms with E-state index in [0.29, 0.717) is 39.1 Å². The molecule has 1 unspecified atom stereocenters. The van der Waals surface area contributed by atoms with E-state index in [1.165, 1.54) is 0 Å². The van der Waals surface area contributed by atoms with Crippen molar-refractivity contribution in [2.45, 2.75) is 51.4 Å². The van der Waals surface area contributed by atoms with Gasteiger partial charge in [0.25, 0.3) is 5.91 Å². The fraction of sp³-hybridized carbons (Fsp3) is 0.722. The van der Waals surface area contributed by atoms with Gasteiger partial charge in [-0.2, -0.15) is 0 Å². The van der Waals surface area contributed by atoms with Gasteiger partial charge in [-0.05, 0) is 26.3 Å². The van der Waals surface area contributed by atoms with E-state index in [0.717, 1.165) is 23.5 Å². The quantitative estimate of drug-likeness (QED) is 0.885. The maximum Gasteiger partial charge on any atom is 0.255 e. The molecule has 0 aromatic carbocycles. The lowest BCUT2D eigenvalue weighted by Gasteiger charge is -2.47. The Morgan fingerprint density at radius 3 is 2.71 bits per heavy atom. The van der Waals surface area contributed by atoms with Crippen LogP contribution >= 0.6 is 0 Å². The fourth-order valence-electron chi connectivity index (χ4n) is 3.93. The Morgan fingerprint density at radius 1 is 1.42 bits per heavy atom. The molecule has 1 aromatic heterocycles. The third kappa shape index (κ3) is 2.87. The normalized spacial score (nSPS) is 25.3. The summed E-state index contributed by atoms with van der Waals surface area (Å²) in [6.45, 7) is 8.84. The molecular formula is C18H28N2O4. The molecule has 1 atom stereocenters. The number of nitrogens with zero attached hydrogens (tertiary/aromatic N) is 2. The lowest BCUT2D eigenvalue weighted by Crippen LogP contribution is -2.63. The zero-order valence-corrected chi connectivity index (χ0v) is 15.1. The highest BCUT2D eigenvalue weighted by molar-refractivity contribution is 5.96. The lowest BCUT2D eigenvalue weighted by atomic mass is 9.83. The maximum absolute atomic E-state index is 12.8. The largest absolute Gasteiger partial charge is 0.387 e. The lowest BCUT2D eigenvalue weighted by molar-refractivity contribution is -0.0956. The Kier molecular flexibility index (Phi) is 4.49. The predicted molar refractivity (Wildman–Crippen MR) is 90.2 cm³/mol. The maximum atomic E-state index is 12.8. The van der Waals surface area contributed by atoms with E-state index in [1.807, 2.05) is 31.7 Å². The van der Waals surface area contributed by atoms with Crippen molar-refractivity contribution >= 4 is 5.91 Å². The Hall–Kier alpha value is -1.37. The van der Waals surface area contributed by atoms with E-state index in [4.69, 9.17) is 9.47 Å². The third-order valence-corrected chi connectivity index (χ3v) is 5.52. The molecule has 0 radical (unpaired) electrons. The summed E-state index contributed by atoms with van der Waals surface area (Å²) in [6.07, 6.45) is 1.30. The van der Waals surface area contributed by atoms with Crippen molar-refractivity contribution in [3.8, 4) is 0 Å². The molecule has 134 valence electrons. The summed E-state index contributed by atoms with van der Waals surface area (Å²) >= 11 is 0. The highest BCUT2D eigenvalue weighted by Crippen LogP contribution is 2.41. The molecule has 3 rings (SSSR count). The monoisotopic (exact) mass is 336 g/mol. The second kappa shape index (κ2) is 6.17. The van der Waals surface area contributed by atoms with Crippen LogP contribution in [0.15, 0.2) is 6.07 Å². The van der Waals surface area contributed by atoms with Crippen LogP contribution in [0.2, 0.25) is 0 Å². The first kappa shape index (κ1) is 17.5. The van der Waals surface area contributed by atoms with Gasteiger partial charge in [-0.15, -0.1) is 0 Å². The minimum absolute atomic E-state index is 0.0490. The molecule has 6 heteroatoms. The number of hydrogen-bond acceptors (Lipinski definition) is 4. The summed E-state index contributed by atoms with van der Waals surface area (Å²) in [5.74, 6) is 0.0490. The number of aryl methyl sites for hydroxylation is 1. The summed E-state index contributed by atoms with van der Waals surface area (Å²) in [4.78, 5) is 14.6. The van der Waals surface area contributed by atoms with Crippen LogP contribution in [0.4, 0.5) is 0 Å². The van der Waals surface area contributed by atoms with Crippen LogP contribution in [0.5, 0.6) is 0 Å². The Labute approximate surface area is 143 Å². The number of aliphatic hydroxyl groups is 1. The molecule has 3 heterocycles. The van der Waals surface area contributed by atoms with Crippen molar-refractivity contribution in [3.63, 3.8) is 0 Å². The van der Waals surface area contributed by atoms with Crippen LogP contribution in [0.3, 0.4) is 0 Å². The SMILES string of the molecule is CCC1(O)COC2(CN(C(=O)c3cc(C)n(CCOC)c3C)C2)C1. The van der Waals surface area contributed by atoms with Gasteiger partial charge in [0, 0.05) is 31.5 Å². The van der Waals surface area contributed by atoms with E-state index >= 15 is 0 Å². The number of likely N-dealkylation sites (tertiary alicyclic amines) is 1. The summed E-state index contributed by atoms with van der Waals surface area (Å²) in [7, 11) is 1.68. The zero-order valence-electron chi connectivity index (χ0n) is 15.1. The summed E-state index contributed by atoms with van der Waals surface area (Å²) in [5, 5.41) is 10.4. The number of amides is 1. The zero-order chi connectivity index (χ0) is 17.5. The van der Waals surface area contributed by atoms with Gasteiger partial charge < -0.3 is 24.0 Å². The molecule has 2 aliphatic rings. The minimum atomic E-state index is -0.731. The van der Waals surface area contributed by atoms with Crippen LogP contribution < -0.4 is 0 Å². The molecule has 2 aliphatic heterocycles. The molecule has 6 nitrogen and oxygen atoms in total. The Bertz CT molecular complexity index is 633. The fourth-order valence-corrected chi connectivity index (χ4v) is 3.93. The van der Waals surface area contributed by atoms with E-state index in [2.05, 4.69) is 4.57 Å². The third-order valence-electron chi connectivity index (χ3n) is 5.52. The van der Waals surface area contributed by atoms with E-state index in [-0.39, 0.29) is 11.5 Å². The smallest absolute Gasteiger partial charge is 0.255 e. The number of ether oxygens (including phenoxy) is 2. The number of carbonyl (C=O) groups excluding carboxylic acids is 1. The van der Waals surface area contributed by atoms with Crippen LogP contribution in [-0.2, 0) is 16.0 Å². The molecule has 1 spiro atoms. The number of carbonyl (C=O) groups is 1. The highest BCUT2D eigenvalue weighted by Gasteiger charge is 2.55. The van der Waals surface area contributed by atoms with Gasteiger partial charge in [-0.25, -0.2) is 0 Å². The van der Waals surface area contributed by atoms with Crippen LogP contribution in [0.25, 0.3) is 0 Å². The minimum Gasteiger partial charge on any atom is -0.387 e. The van der Waals surface area contributed by atoms with Gasteiger partial charge in [-0.3, -0.25) is 4.79 Å². The second-order valence-corrected chi connectivity index (χ2v) is 7.32. The van der Waals surface area contributed by atoms with Gasteiger partial charge in [-0.1, -0.05) is 6.92 Å². The van der Waals surface area contributed by atoms with Crippen molar-refractivity contribution < 1.29 is 19.4 Å². The summed E-state index contributed by atoms with van der Waals surface area (Å²) in [6, 6.07) is 1.95. The van der Waals surface area contributed by atoms with E-state index in [1.54, 1.807) is 7.11 Å². The summed E-state index contributed by atoms with van der Waals surface area (Å²) < 4.78 is 13.1. The predicted octanol–water partition coefficient (Wildman–Crippen LogP) is 1.51. The van der Waals surface area contributed by atoms with Crippen molar-refractivity contribution in [3.05, 3.63) is 23.0 Å². The van der Waals surface area contributed by atoms with E-state index < -0.39 is 5.60 Å². The van der Waals surface area contributed by atoms with Crippen molar-refractivity contribution in [1.29, 1.82) is 0 Å². The highest BCUT2D eigenvalue weighted by atomic mass is 16.5. The molecule has 0 saturated carbocycles. The number of rotatable bonds is 5. The van der Waals surface area contributed by atoms with Gasteiger partial charge in [0.05, 0.1) is 37.5 Å². The van der Waals surface area contributed by atoms with Crippen LogP contribution in [0, 0.1) is 13.8 Å². The number of aromatic nitrogens is 1. The van der Waals surface area contributed by atoms with Gasteiger partial charge in [0.1, 0.15) is 5.60 Å². The molecule has 0 bridgehead atoms. The molecule has 1 N–H and O–H groups in total. The number of hydrogen-bond donors (Lipinski definition) is 1. The molecule has 1 amide bonds.